The molecule has 122 valence electrons. The molecule has 0 aliphatic carbocycles. The van der Waals surface area contributed by atoms with Crippen molar-refractivity contribution >= 4 is 5.91 Å². The minimum absolute atomic E-state index is 0.00147. The Kier molecular flexibility index (Phi) is 4.07. The molecule has 1 saturated heterocycles. The van der Waals surface area contributed by atoms with E-state index in [-0.39, 0.29) is 24.1 Å². The lowest BCUT2D eigenvalue weighted by atomic mass is 10.0. The molecule has 23 heavy (non-hydrogen) atoms. The van der Waals surface area contributed by atoms with Gasteiger partial charge in [-0.3, -0.25) is 14.2 Å². The summed E-state index contributed by atoms with van der Waals surface area (Å²) in [5, 5.41) is 9.25. The van der Waals surface area contributed by atoms with E-state index in [4.69, 9.17) is 0 Å². The van der Waals surface area contributed by atoms with Gasteiger partial charge in [-0.1, -0.05) is 0 Å². The van der Waals surface area contributed by atoms with Gasteiger partial charge in [0, 0.05) is 24.8 Å². The molecule has 0 radical (unpaired) electrons. The highest BCUT2D eigenvalue weighted by Gasteiger charge is 2.27. The molecule has 0 N–H and O–H groups in total. The minimum Gasteiger partial charge on any atom is -0.338 e. The van der Waals surface area contributed by atoms with Crippen LogP contribution in [-0.2, 0) is 24.3 Å². The molecule has 2 aliphatic heterocycles. The summed E-state index contributed by atoms with van der Waals surface area (Å²) in [5.74, 6) is -0.223. The van der Waals surface area contributed by atoms with Gasteiger partial charge in [0.25, 0.3) is 5.56 Å². The lowest BCUT2D eigenvalue weighted by Gasteiger charge is -2.33. The lowest BCUT2D eigenvalue weighted by molar-refractivity contribution is -0.135. The quantitative estimate of drug-likeness (QED) is 0.781. The van der Waals surface area contributed by atoms with Gasteiger partial charge < -0.3 is 4.90 Å². The van der Waals surface area contributed by atoms with Crippen molar-refractivity contribution in [2.45, 2.75) is 58.2 Å². The number of piperidine rings is 1. The van der Waals surface area contributed by atoms with Gasteiger partial charge in [0.1, 0.15) is 18.2 Å². The molecule has 3 rings (SSSR count). The topological polar surface area (TPSA) is 88.1 Å². The van der Waals surface area contributed by atoms with Crippen LogP contribution in [0.25, 0.3) is 0 Å². The summed E-state index contributed by atoms with van der Waals surface area (Å²) in [6, 6.07) is 2.03. The van der Waals surface area contributed by atoms with Crippen molar-refractivity contribution in [1.29, 1.82) is 5.26 Å². The predicted molar refractivity (Wildman–Crippen MR) is 83.0 cm³/mol. The fourth-order valence-corrected chi connectivity index (χ4v) is 3.58. The van der Waals surface area contributed by atoms with Crippen LogP contribution in [0.3, 0.4) is 0 Å². The summed E-state index contributed by atoms with van der Waals surface area (Å²) in [7, 11) is 0. The van der Waals surface area contributed by atoms with E-state index in [2.05, 4.69) is 0 Å². The Bertz CT molecular complexity index is 799. The third-order valence-corrected chi connectivity index (χ3v) is 4.86. The summed E-state index contributed by atoms with van der Waals surface area (Å²) < 4.78 is 2.39. The Balaban J connectivity index is 1.98. The largest absolute Gasteiger partial charge is 0.338 e. The minimum atomic E-state index is -0.635. The molecule has 0 saturated carbocycles. The number of fused-ring (bicyclic) bond motifs is 1. The molecule has 3 heterocycles. The maximum absolute atomic E-state index is 12.5. The second kappa shape index (κ2) is 6.03. The van der Waals surface area contributed by atoms with E-state index >= 15 is 0 Å². The number of rotatable bonds is 2. The average Bonchev–Trinajstić information content (AvgIpc) is 3.02. The van der Waals surface area contributed by atoms with Crippen LogP contribution in [0.4, 0.5) is 0 Å². The Hall–Kier alpha value is -2.36. The van der Waals surface area contributed by atoms with Crippen LogP contribution in [-0.4, -0.2) is 32.5 Å². The molecule has 1 aromatic rings. The molecule has 1 amide bonds. The number of aromatic nitrogens is 2. The third kappa shape index (κ3) is 2.58. The molecule has 7 heteroatoms. The van der Waals surface area contributed by atoms with Crippen molar-refractivity contribution < 1.29 is 4.79 Å². The van der Waals surface area contributed by atoms with E-state index in [1.807, 2.05) is 13.0 Å². The summed E-state index contributed by atoms with van der Waals surface area (Å²) in [5.41, 5.74) is -0.595. The van der Waals surface area contributed by atoms with Gasteiger partial charge in [-0.25, -0.2) is 9.36 Å². The molecular formula is C16H20N4O3. The van der Waals surface area contributed by atoms with Crippen LogP contribution in [0.5, 0.6) is 0 Å². The van der Waals surface area contributed by atoms with Crippen molar-refractivity contribution in [3.8, 4) is 6.07 Å². The van der Waals surface area contributed by atoms with Crippen molar-refractivity contribution in [2.75, 3.05) is 6.54 Å². The van der Waals surface area contributed by atoms with Crippen LogP contribution in [0.2, 0.25) is 0 Å². The normalized spacial score (nSPS) is 20.2. The number of nitriles is 1. The molecule has 2 aliphatic rings. The maximum Gasteiger partial charge on any atom is 0.331 e. The molecule has 1 atom stereocenters. The highest BCUT2D eigenvalue weighted by Crippen LogP contribution is 2.17. The predicted octanol–water partition coefficient (Wildman–Crippen LogP) is 0.229. The highest BCUT2D eigenvalue weighted by atomic mass is 16.2. The molecule has 7 nitrogen and oxygen atoms in total. The second-order valence-electron chi connectivity index (χ2n) is 6.29. The average molecular weight is 316 g/mol. The van der Waals surface area contributed by atoms with Crippen LogP contribution in [0.15, 0.2) is 9.59 Å². The van der Waals surface area contributed by atoms with Crippen LogP contribution in [0, 0.1) is 11.3 Å². The van der Waals surface area contributed by atoms with E-state index in [0.29, 0.717) is 25.2 Å². The number of hydrogen-bond acceptors (Lipinski definition) is 4. The SMILES string of the molecule is C[C@H]1CCCCN1C(=O)Cn1c(=O)c(C#N)c2n(c1=O)CCC2. The number of hydrogen-bond donors (Lipinski definition) is 0. The second-order valence-corrected chi connectivity index (χ2v) is 6.29. The van der Waals surface area contributed by atoms with E-state index in [1.165, 1.54) is 4.57 Å². The summed E-state index contributed by atoms with van der Waals surface area (Å²) >= 11 is 0. The smallest absolute Gasteiger partial charge is 0.331 e. The number of carbonyl (C=O) groups excluding carboxylic acids is 1. The van der Waals surface area contributed by atoms with Gasteiger partial charge in [-0.2, -0.15) is 5.26 Å². The molecule has 1 fully saturated rings. The first-order valence-corrected chi connectivity index (χ1v) is 8.10. The Morgan fingerprint density at radius 3 is 2.74 bits per heavy atom. The summed E-state index contributed by atoms with van der Waals surface area (Å²) in [6.07, 6.45) is 4.27. The van der Waals surface area contributed by atoms with Crippen LogP contribution >= 0.6 is 0 Å². The molecular weight excluding hydrogens is 296 g/mol. The van der Waals surface area contributed by atoms with Gasteiger partial charge in [-0.15, -0.1) is 0 Å². The monoisotopic (exact) mass is 316 g/mol. The molecule has 0 bridgehead atoms. The zero-order valence-electron chi connectivity index (χ0n) is 13.2. The molecule has 0 aromatic carbocycles. The zero-order valence-corrected chi connectivity index (χ0v) is 13.2. The first-order valence-electron chi connectivity index (χ1n) is 8.10. The third-order valence-electron chi connectivity index (χ3n) is 4.86. The van der Waals surface area contributed by atoms with E-state index in [0.717, 1.165) is 30.3 Å². The van der Waals surface area contributed by atoms with Crippen LogP contribution in [0.1, 0.15) is 43.9 Å². The fraction of sp³-hybridized carbons (Fsp3) is 0.625. The number of nitrogens with zero attached hydrogens (tertiary/aromatic N) is 4. The maximum atomic E-state index is 12.5. The van der Waals surface area contributed by atoms with Gasteiger partial charge in [-0.05, 0) is 39.0 Å². The Morgan fingerprint density at radius 2 is 2.04 bits per heavy atom. The Morgan fingerprint density at radius 1 is 1.26 bits per heavy atom. The van der Waals surface area contributed by atoms with Crippen molar-refractivity contribution in [1.82, 2.24) is 14.0 Å². The van der Waals surface area contributed by atoms with Gasteiger partial charge in [0.15, 0.2) is 0 Å². The van der Waals surface area contributed by atoms with Crippen molar-refractivity contribution in [3.63, 3.8) is 0 Å². The zero-order chi connectivity index (χ0) is 16.6. The first kappa shape index (κ1) is 15.5. The molecule has 1 aromatic heterocycles. The molecule has 0 unspecified atom stereocenters. The van der Waals surface area contributed by atoms with Crippen LogP contribution < -0.4 is 11.2 Å². The summed E-state index contributed by atoms with van der Waals surface area (Å²) in [6.45, 7) is 2.86. The van der Waals surface area contributed by atoms with Crippen molar-refractivity contribution in [2.24, 2.45) is 0 Å². The Labute approximate surface area is 133 Å². The summed E-state index contributed by atoms with van der Waals surface area (Å²) in [4.78, 5) is 39.2. The van der Waals surface area contributed by atoms with Gasteiger partial charge >= 0.3 is 5.69 Å². The highest BCUT2D eigenvalue weighted by molar-refractivity contribution is 5.76. The lowest BCUT2D eigenvalue weighted by Crippen LogP contribution is -2.49. The fourth-order valence-electron chi connectivity index (χ4n) is 3.58. The standard InChI is InChI=1S/C16H20N4O3/c1-11-5-2-3-7-18(11)14(21)10-20-15(22)12(9-17)13-6-4-8-19(13)16(20)23/h11H,2-8,10H2,1H3/t11-/m0/s1. The van der Waals surface area contributed by atoms with E-state index in [9.17, 15) is 19.6 Å². The van der Waals surface area contributed by atoms with Gasteiger partial charge in [0.05, 0.1) is 0 Å². The first-order chi connectivity index (χ1) is 11.0. The van der Waals surface area contributed by atoms with Crippen molar-refractivity contribution in [3.05, 3.63) is 32.1 Å². The van der Waals surface area contributed by atoms with E-state index in [1.54, 1.807) is 4.90 Å². The number of amides is 1. The number of likely N-dealkylation sites (tertiary alicyclic amines) is 1. The molecule has 0 spiro atoms. The van der Waals surface area contributed by atoms with Gasteiger partial charge in [0.2, 0.25) is 5.91 Å². The number of carbonyl (C=O) groups is 1. The van der Waals surface area contributed by atoms with E-state index < -0.39 is 11.2 Å².